The quantitative estimate of drug-likeness (QED) is 0.308. The van der Waals surface area contributed by atoms with E-state index in [0.717, 1.165) is 35.4 Å². The van der Waals surface area contributed by atoms with Crippen LogP contribution in [-0.4, -0.2) is 45.2 Å². The highest BCUT2D eigenvalue weighted by Gasteiger charge is 2.27. The van der Waals surface area contributed by atoms with Crippen LogP contribution in [0.3, 0.4) is 0 Å². The number of hydrogen-bond donors (Lipinski definition) is 2. The van der Waals surface area contributed by atoms with Gasteiger partial charge < -0.3 is 24.6 Å². The minimum absolute atomic E-state index is 0.348. The Kier molecular flexibility index (Phi) is 7.69. The Morgan fingerprint density at radius 1 is 1.15 bits per heavy atom. The zero-order chi connectivity index (χ0) is 23.9. The average Bonchev–Trinajstić information content (AvgIpc) is 3.00. The van der Waals surface area contributed by atoms with Crippen LogP contribution < -0.4 is 19.5 Å². The van der Waals surface area contributed by atoms with Crippen molar-refractivity contribution in [2.75, 3.05) is 24.3 Å². The van der Waals surface area contributed by atoms with Crippen LogP contribution in [0.25, 0.3) is 11.3 Å². The molecule has 1 aliphatic rings. The van der Waals surface area contributed by atoms with Crippen LogP contribution in [0.5, 0.6) is 17.4 Å². The van der Waals surface area contributed by atoms with E-state index in [1.54, 1.807) is 30.0 Å². The highest BCUT2D eigenvalue weighted by Crippen LogP contribution is 2.40. The van der Waals surface area contributed by atoms with E-state index in [1.165, 1.54) is 0 Å². The number of anilines is 1. The Morgan fingerprint density at radius 3 is 2.79 bits per heavy atom. The van der Waals surface area contributed by atoms with E-state index < -0.39 is 18.8 Å². The van der Waals surface area contributed by atoms with Crippen LogP contribution in [0, 0.1) is 0 Å². The lowest BCUT2D eigenvalue weighted by atomic mass is 10.1. The molecule has 2 heterocycles. The Balaban J connectivity index is 1.69. The normalized spacial score (nSPS) is 14.1. The van der Waals surface area contributed by atoms with Crippen LogP contribution in [0.15, 0.2) is 47.6 Å². The van der Waals surface area contributed by atoms with Crippen molar-refractivity contribution in [3.63, 3.8) is 0 Å². The second kappa shape index (κ2) is 11.1. The Bertz CT molecular complexity index is 1160. The number of carboxylic acids is 1. The summed E-state index contributed by atoms with van der Waals surface area (Å²) in [5, 5.41) is 21.6. The van der Waals surface area contributed by atoms with Crippen LogP contribution in [0.4, 0.5) is 5.69 Å². The number of nitrogens with one attached hydrogen (secondary N) is 1. The number of ether oxygens (including phenoxy) is 3. The number of para-hydroxylation sites is 1. The van der Waals surface area contributed by atoms with Crippen molar-refractivity contribution in [3.8, 4) is 28.6 Å². The molecule has 1 aromatic heterocycles. The van der Waals surface area contributed by atoms with Crippen molar-refractivity contribution in [1.82, 2.24) is 15.2 Å². The Labute approximate surface area is 201 Å². The molecule has 0 bridgehead atoms. The molecule has 3 aromatic rings. The number of aliphatic carboxylic acids is 1. The summed E-state index contributed by atoms with van der Waals surface area (Å²) in [7, 11) is 0. The molecule has 2 N–H and O–H groups in total. The second-order valence-electron chi connectivity index (χ2n) is 7.46. The number of unbranched alkanes of at least 4 members (excludes halogenated alkanes) is 1. The van der Waals surface area contributed by atoms with Crippen LogP contribution in [0.2, 0.25) is 0 Å². The standard InChI is InChI=1S/C24H26N4O5S/c1-3-5-12-34-24-26-23-21(27-28-24)16-8-6-7-9-17(16)25-22(33-23)15-10-11-18(32-14-20(29)30)19(13-15)31-4-2/h6-11,13,22,25H,3-5,12,14H2,1-2H3,(H,29,30)/t22-/m0/s1. The molecule has 0 unspecified atom stereocenters. The topological polar surface area (TPSA) is 116 Å². The maximum atomic E-state index is 10.9. The fourth-order valence-corrected chi connectivity index (χ4v) is 4.24. The molecular weight excluding hydrogens is 456 g/mol. The fourth-order valence-electron chi connectivity index (χ4n) is 3.38. The third kappa shape index (κ3) is 5.51. The minimum Gasteiger partial charge on any atom is -0.490 e. The van der Waals surface area contributed by atoms with Crippen molar-refractivity contribution < 1.29 is 24.1 Å². The summed E-state index contributed by atoms with van der Waals surface area (Å²) in [6, 6.07) is 13.0. The highest BCUT2D eigenvalue weighted by molar-refractivity contribution is 7.99. The molecule has 4 rings (SSSR count). The summed E-state index contributed by atoms with van der Waals surface area (Å²) >= 11 is 1.55. The monoisotopic (exact) mass is 482 g/mol. The number of fused-ring (bicyclic) bond motifs is 3. The number of carbonyl (C=O) groups is 1. The van der Waals surface area contributed by atoms with E-state index in [4.69, 9.17) is 19.3 Å². The number of hydrogen-bond acceptors (Lipinski definition) is 9. The van der Waals surface area contributed by atoms with E-state index in [-0.39, 0.29) is 0 Å². The average molecular weight is 483 g/mol. The minimum atomic E-state index is -1.06. The molecule has 0 radical (unpaired) electrons. The first-order valence-electron chi connectivity index (χ1n) is 11.1. The van der Waals surface area contributed by atoms with Crippen molar-refractivity contribution >= 4 is 23.4 Å². The summed E-state index contributed by atoms with van der Waals surface area (Å²) < 4.78 is 17.4. The van der Waals surface area contributed by atoms with Gasteiger partial charge in [-0.15, -0.1) is 10.2 Å². The summed E-state index contributed by atoms with van der Waals surface area (Å²) in [5.41, 5.74) is 3.00. The molecule has 34 heavy (non-hydrogen) atoms. The molecule has 0 spiro atoms. The molecule has 0 saturated carbocycles. The first-order valence-corrected chi connectivity index (χ1v) is 12.1. The van der Waals surface area contributed by atoms with Gasteiger partial charge in [0.25, 0.3) is 0 Å². The van der Waals surface area contributed by atoms with Gasteiger partial charge in [-0.1, -0.05) is 43.3 Å². The summed E-state index contributed by atoms with van der Waals surface area (Å²) in [4.78, 5) is 15.6. The predicted octanol–water partition coefficient (Wildman–Crippen LogP) is 4.80. The van der Waals surface area contributed by atoms with Gasteiger partial charge in [0.2, 0.25) is 11.0 Å². The molecule has 1 aliphatic heterocycles. The number of rotatable bonds is 10. The number of thioether (sulfide) groups is 1. The molecule has 0 fully saturated rings. The molecule has 0 aliphatic carbocycles. The van der Waals surface area contributed by atoms with Crippen LogP contribution in [-0.2, 0) is 4.79 Å². The molecule has 0 amide bonds. The summed E-state index contributed by atoms with van der Waals surface area (Å²) in [6.45, 7) is 3.93. The lowest BCUT2D eigenvalue weighted by molar-refractivity contribution is -0.139. The molecule has 10 heteroatoms. The third-order valence-corrected chi connectivity index (χ3v) is 5.91. The van der Waals surface area contributed by atoms with Crippen molar-refractivity contribution in [1.29, 1.82) is 0 Å². The highest BCUT2D eigenvalue weighted by atomic mass is 32.2. The summed E-state index contributed by atoms with van der Waals surface area (Å²) in [5.74, 6) is 1.01. The van der Waals surface area contributed by atoms with Crippen molar-refractivity contribution in [2.24, 2.45) is 0 Å². The van der Waals surface area contributed by atoms with Crippen LogP contribution >= 0.6 is 11.8 Å². The van der Waals surface area contributed by atoms with E-state index in [1.807, 2.05) is 31.2 Å². The smallest absolute Gasteiger partial charge is 0.341 e. The van der Waals surface area contributed by atoms with Gasteiger partial charge in [0, 0.05) is 22.6 Å². The molecule has 9 nitrogen and oxygen atoms in total. The lowest BCUT2D eigenvalue weighted by Crippen LogP contribution is -2.17. The number of nitrogens with zero attached hydrogens (tertiary/aromatic N) is 3. The third-order valence-electron chi connectivity index (χ3n) is 4.98. The zero-order valence-corrected chi connectivity index (χ0v) is 19.8. The number of aromatic nitrogens is 3. The maximum absolute atomic E-state index is 10.9. The SMILES string of the molecule is CCCCSc1nnc2c(n1)O[C@@H](c1ccc(OCC(=O)O)c(OCC)c1)Nc1ccccc1-2. The van der Waals surface area contributed by atoms with Gasteiger partial charge in [-0.25, -0.2) is 4.79 Å². The van der Waals surface area contributed by atoms with E-state index in [2.05, 4.69) is 27.4 Å². The zero-order valence-electron chi connectivity index (χ0n) is 19.0. The van der Waals surface area contributed by atoms with Gasteiger partial charge in [0.05, 0.1) is 6.61 Å². The first kappa shape index (κ1) is 23.6. The lowest BCUT2D eigenvalue weighted by Gasteiger charge is -2.21. The van der Waals surface area contributed by atoms with Gasteiger partial charge in [0.15, 0.2) is 30.0 Å². The van der Waals surface area contributed by atoms with E-state index in [0.29, 0.717) is 34.8 Å². The largest absolute Gasteiger partial charge is 0.490 e. The van der Waals surface area contributed by atoms with Gasteiger partial charge in [-0.2, -0.15) is 4.98 Å². The maximum Gasteiger partial charge on any atom is 0.341 e. The van der Waals surface area contributed by atoms with E-state index >= 15 is 0 Å². The Morgan fingerprint density at radius 2 is 2.00 bits per heavy atom. The van der Waals surface area contributed by atoms with Gasteiger partial charge in [-0.3, -0.25) is 0 Å². The van der Waals surface area contributed by atoms with Gasteiger partial charge >= 0.3 is 5.97 Å². The molecule has 178 valence electrons. The second-order valence-corrected chi connectivity index (χ2v) is 8.52. The predicted molar refractivity (Wildman–Crippen MR) is 129 cm³/mol. The summed E-state index contributed by atoms with van der Waals surface area (Å²) in [6.07, 6.45) is 1.56. The van der Waals surface area contributed by atoms with E-state index in [9.17, 15) is 4.79 Å². The van der Waals surface area contributed by atoms with Crippen molar-refractivity contribution in [2.45, 2.75) is 38.1 Å². The Hall–Kier alpha value is -3.53. The molecule has 2 aromatic carbocycles. The number of carboxylic acid groups (broad SMARTS) is 1. The van der Waals surface area contributed by atoms with Crippen LogP contribution in [0.1, 0.15) is 38.5 Å². The molecular formula is C24H26N4O5S. The van der Waals surface area contributed by atoms with Gasteiger partial charge in [-0.05, 0) is 37.6 Å². The molecule has 1 atom stereocenters. The number of benzene rings is 2. The molecule has 0 saturated heterocycles. The van der Waals surface area contributed by atoms with Crippen molar-refractivity contribution in [3.05, 3.63) is 48.0 Å². The fraction of sp³-hybridized carbons (Fsp3) is 0.333. The van der Waals surface area contributed by atoms with Gasteiger partial charge in [0.1, 0.15) is 0 Å². The first-order chi connectivity index (χ1) is 16.6.